The highest BCUT2D eigenvalue weighted by Crippen LogP contribution is 2.08. The van der Waals surface area contributed by atoms with Gasteiger partial charge in [-0.3, -0.25) is 4.21 Å². The van der Waals surface area contributed by atoms with Crippen LogP contribution in [0.4, 0.5) is 0 Å². The van der Waals surface area contributed by atoms with Crippen LogP contribution >= 0.6 is 0 Å². The highest BCUT2D eigenvalue weighted by atomic mass is 32.2. The standard InChI is InChI=1S/C4H4O4S/c5-4-3(9(6)7)1-2-8-4/h1H,2H2,(H,6,7)/p-1. The Morgan fingerprint density at radius 1 is 1.78 bits per heavy atom. The molecule has 0 aromatic rings. The van der Waals surface area contributed by atoms with E-state index in [1.807, 2.05) is 0 Å². The first kappa shape index (κ1) is 6.44. The zero-order valence-corrected chi connectivity index (χ0v) is 5.14. The molecule has 1 atom stereocenters. The summed E-state index contributed by atoms with van der Waals surface area (Å²) in [4.78, 5) is 10.1. The molecule has 1 heterocycles. The smallest absolute Gasteiger partial charge is 0.346 e. The fraction of sp³-hybridized carbons (Fsp3) is 0.250. The van der Waals surface area contributed by atoms with Crippen LogP contribution in [0.15, 0.2) is 11.0 Å². The Balaban J connectivity index is 2.80. The summed E-state index contributed by atoms with van der Waals surface area (Å²) < 4.78 is 24.4. The minimum Gasteiger partial charge on any atom is -0.768 e. The molecule has 0 bridgehead atoms. The van der Waals surface area contributed by atoms with Crippen LogP contribution in [-0.2, 0) is 20.6 Å². The lowest BCUT2D eigenvalue weighted by Gasteiger charge is -2.00. The monoisotopic (exact) mass is 147 g/mol. The van der Waals surface area contributed by atoms with E-state index in [1.165, 1.54) is 6.08 Å². The van der Waals surface area contributed by atoms with Gasteiger partial charge in [-0.15, -0.1) is 0 Å². The molecule has 0 spiro atoms. The number of hydrogen-bond donors (Lipinski definition) is 0. The molecule has 9 heavy (non-hydrogen) atoms. The number of ether oxygens (including phenoxy) is 1. The molecular weight excluding hydrogens is 144 g/mol. The number of carbonyl (C=O) groups is 1. The molecule has 1 aliphatic heterocycles. The Morgan fingerprint density at radius 3 is 2.67 bits per heavy atom. The van der Waals surface area contributed by atoms with Gasteiger partial charge in [0.2, 0.25) is 0 Å². The maximum atomic E-state index is 10.3. The fourth-order valence-electron chi connectivity index (χ4n) is 0.484. The Hall–Kier alpha value is -0.680. The molecule has 4 nitrogen and oxygen atoms in total. The first-order valence-corrected chi connectivity index (χ1v) is 3.26. The Labute approximate surface area is 53.8 Å². The molecule has 1 aliphatic rings. The average molecular weight is 147 g/mol. The van der Waals surface area contributed by atoms with E-state index in [0.717, 1.165) is 0 Å². The van der Waals surface area contributed by atoms with Crippen molar-refractivity contribution in [2.24, 2.45) is 0 Å². The predicted octanol–water partition coefficient (Wildman–Crippen LogP) is -0.694. The number of esters is 1. The van der Waals surface area contributed by atoms with Gasteiger partial charge in [0.25, 0.3) is 0 Å². The average Bonchev–Trinajstić information content (AvgIpc) is 2.13. The largest absolute Gasteiger partial charge is 0.768 e. The second-order valence-electron chi connectivity index (χ2n) is 1.40. The van der Waals surface area contributed by atoms with Crippen LogP contribution in [0.5, 0.6) is 0 Å². The summed E-state index contributed by atoms with van der Waals surface area (Å²) >= 11 is -2.43. The van der Waals surface area contributed by atoms with Crippen molar-refractivity contribution in [3.63, 3.8) is 0 Å². The van der Waals surface area contributed by atoms with E-state index < -0.39 is 17.0 Å². The summed E-state index contributed by atoms with van der Waals surface area (Å²) in [5.74, 6) is -0.761. The second kappa shape index (κ2) is 2.28. The minimum atomic E-state index is -2.43. The van der Waals surface area contributed by atoms with Crippen molar-refractivity contribution in [1.29, 1.82) is 0 Å². The van der Waals surface area contributed by atoms with Crippen molar-refractivity contribution in [3.05, 3.63) is 11.0 Å². The lowest BCUT2D eigenvalue weighted by atomic mass is 10.6. The zero-order valence-electron chi connectivity index (χ0n) is 4.33. The van der Waals surface area contributed by atoms with E-state index in [4.69, 9.17) is 0 Å². The highest BCUT2D eigenvalue weighted by molar-refractivity contribution is 7.84. The third-order valence-corrected chi connectivity index (χ3v) is 1.56. The minimum absolute atomic E-state index is 0.0716. The van der Waals surface area contributed by atoms with E-state index >= 15 is 0 Å². The molecule has 1 unspecified atom stereocenters. The van der Waals surface area contributed by atoms with Crippen LogP contribution in [0.25, 0.3) is 0 Å². The van der Waals surface area contributed by atoms with Gasteiger partial charge in [0.15, 0.2) is 0 Å². The first-order valence-electron chi connectivity index (χ1n) is 2.18. The predicted molar refractivity (Wildman–Crippen MR) is 28.0 cm³/mol. The Kier molecular flexibility index (Phi) is 1.63. The zero-order chi connectivity index (χ0) is 6.85. The lowest BCUT2D eigenvalue weighted by molar-refractivity contribution is -0.135. The van der Waals surface area contributed by atoms with Crippen molar-refractivity contribution in [1.82, 2.24) is 0 Å². The maximum absolute atomic E-state index is 10.3. The quantitative estimate of drug-likeness (QED) is 0.363. The van der Waals surface area contributed by atoms with Crippen LogP contribution in [0.1, 0.15) is 0 Å². The molecule has 0 amide bonds. The van der Waals surface area contributed by atoms with Crippen molar-refractivity contribution in [3.8, 4) is 0 Å². The molecule has 0 N–H and O–H groups in total. The molecule has 0 aromatic heterocycles. The Morgan fingerprint density at radius 2 is 2.44 bits per heavy atom. The van der Waals surface area contributed by atoms with Crippen molar-refractivity contribution in [2.75, 3.05) is 6.61 Å². The third kappa shape index (κ3) is 1.17. The molecular formula is C4H3O4S-. The van der Waals surface area contributed by atoms with E-state index in [1.54, 1.807) is 0 Å². The van der Waals surface area contributed by atoms with E-state index in [-0.39, 0.29) is 11.5 Å². The van der Waals surface area contributed by atoms with Crippen LogP contribution in [0.3, 0.4) is 0 Å². The summed E-state index contributed by atoms with van der Waals surface area (Å²) in [5.41, 5.74) is 0. The molecule has 0 fully saturated rings. The maximum Gasteiger partial charge on any atom is 0.346 e. The van der Waals surface area contributed by atoms with Gasteiger partial charge in [0.1, 0.15) is 11.5 Å². The van der Waals surface area contributed by atoms with Gasteiger partial charge in [0.05, 0.1) is 0 Å². The molecule has 0 aliphatic carbocycles. The fourth-order valence-corrected chi connectivity index (χ4v) is 0.883. The molecule has 50 valence electrons. The molecule has 0 aromatic carbocycles. The van der Waals surface area contributed by atoms with Gasteiger partial charge in [-0.25, -0.2) is 4.79 Å². The molecule has 0 saturated carbocycles. The van der Waals surface area contributed by atoms with Gasteiger partial charge in [-0.05, 0) is 17.2 Å². The topological polar surface area (TPSA) is 66.4 Å². The molecule has 5 heteroatoms. The van der Waals surface area contributed by atoms with Crippen molar-refractivity contribution in [2.45, 2.75) is 0 Å². The number of rotatable bonds is 1. The van der Waals surface area contributed by atoms with Gasteiger partial charge in [0, 0.05) is 0 Å². The van der Waals surface area contributed by atoms with E-state index in [9.17, 15) is 13.6 Å². The SMILES string of the molecule is O=C1OCC=C1S(=O)[O-]. The van der Waals surface area contributed by atoms with E-state index in [0.29, 0.717) is 0 Å². The normalized spacial score (nSPS) is 21.0. The highest BCUT2D eigenvalue weighted by Gasteiger charge is 2.16. The summed E-state index contributed by atoms with van der Waals surface area (Å²) in [6.45, 7) is 0.0716. The summed E-state index contributed by atoms with van der Waals surface area (Å²) in [6, 6.07) is 0. The molecule has 1 rings (SSSR count). The number of cyclic esters (lactones) is 1. The van der Waals surface area contributed by atoms with Crippen LogP contribution in [0, 0.1) is 0 Å². The van der Waals surface area contributed by atoms with Gasteiger partial charge < -0.3 is 9.29 Å². The van der Waals surface area contributed by atoms with Gasteiger partial charge in [-0.1, -0.05) is 0 Å². The Bertz CT molecular complexity index is 195. The van der Waals surface area contributed by atoms with Gasteiger partial charge in [-0.2, -0.15) is 0 Å². The van der Waals surface area contributed by atoms with Crippen LogP contribution < -0.4 is 0 Å². The van der Waals surface area contributed by atoms with Crippen LogP contribution in [0.2, 0.25) is 0 Å². The first-order chi connectivity index (χ1) is 4.22. The molecule has 0 radical (unpaired) electrons. The summed E-state index contributed by atoms with van der Waals surface area (Å²) in [5, 5.41) is 0. The number of carbonyl (C=O) groups excluding carboxylic acids is 1. The summed E-state index contributed by atoms with van der Waals surface area (Å²) in [7, 11) is 0. The van der Waals surface area contributed by atoms with Crippen LogP contribution in [-0.4, -0.2) is 21.3 Å². The number of hydrogen-bond acceptors (Lipinski definition) is 4. The lowest BCUT2D eigenvalue weighted by Crippen LogP contribution is -2.03. The van der Waals surface area contributed by atoms with E-state index in [2.05, 4.69) is 4.74 Å². The van der Waals surface area contributed by atoms with Crippen molar-refractivity contribution < 1.29 is 18.3 Å². The van der Waals surface area contributed by atoms with Gasteiger partial charge >= 0.3 is 5.97 Å². The van der Waals surface area contributed by atoms with Crippen molar-refractivity contribution >= 4 is 17.0 Å². The second-order valence-corrected chi connectivity index (χ2v) is 2.31. The molecule has 0 saturated heterocycles. The summed E-state index contributed by atoms with van der Waals surface area (Å²) in [6.07, 6.45) is 1.23. The third-order valence-electron chi connectivity index (χ3n) is 0.864.